The van der Waals surface area contributed by atoms with E-state index in [-0.39, 0.29) is 18.9 Å². The summed E-state index contributed by atoms with van der Waals surface area (Å²) in [5.41, 5.74) is -2.78. The zero-order chi connectivity index (χ0) is 24.0. The van der Waals surface area contributed by atoms with E-state index in [1.54, 1.807) is 24.5 Å². The lowest BCUT2D eigenvalue weighted by molar-refractivity contribution is -0.376. The number of fused-ring (bicyclic) bond motifs is 1. The predicted molar refractivity (Wildman–Crippen MR) is 106 cm³/mol. The second-order valence-electron chi connectivity index (χ2n) is 7.71. The van der Waals surface area contributed by atoms with Gasteiger partial charge in [-0.1, -0.05) is 30.3 Å². The van der Waals surface area contributed by atoms with Crippen LogP contribution in [0, 0.1) is 0 Å². The van der Waals surface area contributed by atoms with Crippen molar-refractivity contribution in [2.45, 2.75) is 37.3 Å². The maximum absolute atomic E-state index is 13.1. The molecule has 0 saturated heterocycles. The van der Waals surface area contributed by atoms with Crippen LogP contribution in [-0.2, 0) is 23.4 Å². The normalized spacial score (nSPS) is 15.0. The SMILES string of the molecule is O=C1CCc2cc(-c3cn[nH]c3)ccc2N1Cc1ccc(C(O)(C(F)(F)F)C(F)(F)F)cc1. The van der Waals surface area contributed by atoms with E-state index in [2.05, 4.69) is 10.2 Å². The molecule has 0 radical (unpaired) electrons. The molecular weight excluding hydrogens is 452 g/mol. The molecule has 4 rings (SSSR count). The summed E-state index contributed by atoms with van der Waals surface area (Å²) in [6, 6.07) is 8.69. The number of benzene rings is 2. The van der Waals surface area contributed by atoms with Crippen molar-refractivity contribution < 1.29 is 36.2 Å². The minimum absolute atomic E-state index is 0.0480. The molecule has 5 nitrogen and oxygen atoms in total. The number of halogens is 6. The number of aromatic amines is 1. The summed E-state index contributed by atoms with van der Waals surface area (Å²) in [5, 5.41) is 16.1. The van der Waals surface area contributed by atoms with Gasteiger partial charge in [0.2, 0.25) is 5.91 Å². The highest BCUT2D eigenvalue weighted by atomic mass is 19.4. The van der Waals surface area contributed by atoms with E-state index >= 15 is 0 Å². The first kappa shape index (κ1) is 22.8. The van der Waals surface area contributed by atoms with E-state index in [0.717, 1.165) is 28.8 Å². The Hall–Kier alpha value is -3.34. The van der Waals surface area contributed by atoms with Gasteiger partial charge in [0.15, 0.2) is 0 Å². The Kier molecular flexibility index (Phi) is 5.47. The number of hydrogen-bond donors (Lipinski definition) is 2. The number of nitrogens with one attached hydrogen (secondary N) is 1. The number of amides is 1. The molecule has 0 unspecified atom stereocenters. The lowest BCUT2D eigenvalue weighted by Gasteiger charge is -2.33. The Bertz CT molecular complexity index is 1140. The fraction of sp³-hybridized carbons (Fsp3) is 0.273. The van der Waals surface area contributed by atoms with Gasteiger partial charge in [-0.25, -0.2) is 0 Å². The molecule has 1 aliphatic heterocycles. The third-order valence-electron chi connectivity index (χ3n) is 5.64. The van der Waals surface area contributed by atoms with Crippen molar-refractivity contribution >= 4 is 11.6 Å². The average Bonchev–Trinajstić information content (AvgIpc) is 3.29. The molecule has 1 aliphatic rings. The zero-order valence-electron chi connectivity index (χ0n) is 16.8. The molecule has 11 heteroatoms. The number of aromatic nitrogens is 2. The van der Waals surface area contributed by atoms with E-state index in [9.17, 15) is 36.2 Å². The van der Waals surface area contributed by atoms with Crippen LogP contribution in [0.5, 0.6) is 0 Å². The number of aliphatic hydroxyl groups is 1. The van der Waals surface area contributed by atoms with Crippen molar-refractivity contribution in [1.82, 2.24) is 10.2 Å². The molecule has 1 aromatic heterocycles. The fourth-order valence-corrected chi connectivity index (χ4v) is 3.84. The van der Waals surface area contributed by atoms with Gasteiger partial charge in [-0.15, -0.1) is 0 Å². The standard InChI is InChI=1S/C22H17F6N3O2/c23-21(24,25)20(33,22(26,27)28)17-5-1-13(2-6-17)12-31-18-7-3-14(16-10-29-30-11-16)9-15(18)4-8-19(31)32/h1-3,5-7,9-11,33H,4,8,12H2,(H,29,30). The molecule has 0 fully saturated rings. The smallest absolute Gasteiger partial charge is 0.369 e. The van der Waals surface area contributed by atoms with E-state index < -0.39 is 23.5 Å². The molecule has 0 saturated carbocycles. The number of alkyl halides is 6. The van der Waals surface area contributed by atoms with Crippen LogP contribution in [-0.4, -0.2) is 33.6 Å². The first-order valence-corrected chi connectivity index (χ1v) is 9.79. The summed E-state index contributed by atoms with van der Waals surface area (Å²) in [6.45, 7) is -0.0480. The Morgan fingerprint density at radius 1 is 0.939 bits per heavy atom. The molecular formula is C22H17F6N3O2. The maximum atomic E-state index is 13.1. The van der Waals surface area contributed by atoms with Gasteiger partial charge in [0.1, 0.15) is 0 Å². The van der Waals surface area contributed by atoms with E-state index in [1.165, 1.54) is 4.90 Å². The van der Waals surface area contributed by atoms with Gasteiger partial charge in [-0.2, -0.15) is 31.4 Å². The number of carbonyl (C=O) groups is 1. The summed E-state index contributed by atoms with van der Waals surface area (Å²) in [5.74, 6) is -0.218. The third-order valence-corrected chi connectivity index (χ3v) is 5.64. The highest BCUT2D eigenvalue weighted by molar-refractivity contribution is 5.96. The Balaban J connectivity index is 1.62. The summed E-state index contributed by atoms with van der Waals surface area (Å²) in [7, 11) is 0. The first-order valence-electron chi connectivity index (χ1n) is 9.79. The third kappa shape index (κ3) is 3.97. The second-order valence-corrected chi connectivity index (χ2v) is 7.71. The van der Waals surface area contributed by atoms with Crippen LogP contribution < -0.4 is 4.90 Å². The van der Waals surface area contributed by atoms with Gasteiger partial charge in [0.05, 0.1) is 12.7 Å². The Labute approximate surface area is 183 Å². The minimum atomic E-state index is -5.96. The maximum Gasteiger partial charge on any atom is 0.430 e. The highest BCUT2D eigenvalue weighted by Gasteiger charge is 2.71. The van der Waals surface area contributed by atoms with E-state index in [1.807, 2.05) is 6.07 Å². The number of rotatable bonds is 4. The number of carbonyl (C=O) groups excluding carboxylic acids is 1. The van der Waals surface area contributed by atoms with Gasteiger partial charge in [-0.3, -0.25) is 9.89 Å². The average molecular weight is 469 g/mol. The highest BCUT2D eigenvalue weighted by Crippen LogP contribution is 2.50. The number of nitrogens with zero attached hydrogens (tertiary/aromatic N) is 2. The molecule has 2 aromatic carbocycles. The lowest BCUT2D eigenvalue weighted by Crippen LogP contribution is -2.53. The number of anilines is 1. The van der Waals surface area contributed by atoms with Crippen LogP contribution in [0.15, 0.2) is 54.9 Å². The minimum Gasteiger partial charge on any atom is -0.369 e. The summed E-state index contributed by atoms with van der Waals surface area (Å²) in [4.78, 5) is 14.0. The van der Waals surface area contributed by atoms with Crippen molar-refractivity contribution in [3.8, 4) is 11.1 Å². The summed E-state index contributed by atoms with van der Waals surface area (Å²) in [6.07, 6.45) is -7.83. The lowest BCUT2D eigenvalue weighted by atomic mass is 9.91. The predicted octanol–water partition coefficient (Wildman–Crippen LogP) is 4.87. The van der Waals surface area contributed by atoms with Crippen LogP contribution in [0.3, 0.4) is 0 Å². The van der Waals surface area contributed by atoms with Crippen molar-refractivity contribution in [2.75, 3.05) is 4.90 Å². The number of aryl methyl sites for hydroxylation is 1. The van der Waals surface area contributed by atoms with Crippen LogP contribution in [0.1, 0.15) is 23.1 Å². The van der Waals surface area contributed by atoms with Crippen LogP contribution in [0.4, 0.5) is 32.0 Å². The Morgan fingerprint density at radius 3 is 2.18 bits per heavy atom. The largest absolute Gasteiger partial charge is 0.430 e. The number of hydrogen-bond acceptors (Lipinski definition) is 3. The molecule has 0 aliphatic carbocycles. The molecule has 0 atom stereocenters. The fourth-order valence-electron chi connectivity index (χ4n) is 3.84. The second kappa shape index (κ2) is 7.91. The van der Waals surface area contributed by atoms with Crippen LogP contribution in [0.25, 0.3) is 11.1 Å². The van der Waals surface area contributed by atoms with Gasteiger partial charge in [-0.05, 0) is 35.2 Å². The van der Waals surface area contributed by atoms with Gasteiger partial charge in [0.25, 0.3) is 5.60 Å². The molecule has 0 spiro atoms. The molecule has 174 valence electrons. The Morgan fingerprint density at radius 2 is 1.61 bits per heavy atom. The molecule has 1 amide bonds. The monoisotopic (exact) mass is 469 g/mol. The molecule has 2 heterocycles. The summed E-state index contributed by atoms with van der Waals surface area (Å²) < 4.78 is 78.5. The zero-order valence-corrected chi connectivity index (χ0v) is 16.8. The molecule has 0 bridgehead atoms. The summed E-state index contributed by atoms with van der Waals surface area (Å²) >= 11 is 0. The van der Waals surface area contributed by atoms with Gasteiger partial charge < -0.3 is 10.0 Å². The van der Waals surface area contributed by atoms with Gasteiger partial charge in [0, 0.05) is 29.4 Å². The first-order chi connectivity index (χ1) is 15.4. The topological polar surface area (TPSA) is 69.2 Å². The molecule has 3 aromatic rings. The van der Waals surface area contributed by atoms with Crippen molar-refractivity contribution in [3.05, 3.63) is 71.5 Å². The van der Waals surface area contributed by atoms with E-state index in [4.69, 9.17) is 0 Å². The quantitative estimate of drug-likeness (QED) is 0.536. The molecule has 2 N–H and O–H groups in total. The van der Waals surface area contributed by atoms with Crippen molar-refractivity contribution in [3.63, 3.8) is 0 Å². The van der Waals surface area contributed by atoms with Crippen LogP contribution in [0.2, 0.25) is 0 Å². The molecule has 33 heavy (non-hydrogen) atoms. The van der Waals surface area contributed by atoms with Crippen LogP contribution >= 0.6 is 0 Å². The van der Waals surface area contributed by atoms with Crippen molar-refractivity contribution in [1.29, 1.82) is 0 Å². The number of H-pyrrole nitrogens is 1. The van der Waals surface area contributed by atoms with Gasteiger partial charge >= 0.3 is 12.4 Å². The van der Waals surface area contributed by atoms with E-state index in [0.29, 0.717) is 29.8 Å². The van der Waals surface area contributed by atoms with Crippen molar-refractivity contribution in [2.24, 2.45) is 0 Å².